The van der Waals surface area contributed by atoms with Crippen LogP contribution < -0.4 is 10.5 Å². The summed E-state index contributed by atoms with van der Waals surface area (Å²) in [6, 6.07) is 11.2. The van der Waals surface area contributed by atoms with E-state index in [1.807, 2.05) is 25.1 Å². The van der Waals surface area contributed by atoms with E-state index < -0.39 is 11.7 Å². The molecule has 1 aromatic heterocycles. The third-order valence-electron chi connectivity index (χ3n) is 4.55. The summed E-state index contributed by atoms with van der Waals surface area (Å²) < 4.78 is 45.0. The predicted molar refractivity (Wildman–Crippen MR) is 102 cm³/mol. The number of halogens is 3. The Morgan fingerprint density at radius 1 is 1.07 bits per heavy atom. The minimum Gasteiger partial charge on any atom is -0.494 e. The summed E-state index contributed by atoms with van der Waals surface area (Å²) >= 11 is 0. The van der Waals surface area contributed by atoms with Crippen LogP contribution in [-0.2, 0) is 12.6 Å². The molecule has 0 saturated heterocycles. The molecule has 3 aromatic rings. The lowest BCUT2D eigenvalue weighted by Crippen LogP contribution is -2.04. The summed E-state index contributed by atoms with van der Waals surface area (Å²) in [6.07, 6.45) is -1.91. The third-order valence-corrected chi connectivity index (χ3v) is 4.55. The van der Waals surface area contributed by atoms with Gasteiger partial charge >= 0.3 is 6.18 Å². The summed E-state index contributed by atoms with van der Waals surface area (Å²) in [5.41, 5.74) is 8.09. The van der Waals surface area contributed by atoms with Crippen molar-refractivity contribution in [3.8, 4) is 17.0 Å². The summed E-state index contributed by atoms with van der Waals surface area (Å²) in [7, 11) is 0. The van der Waals surface area contributed by atoms with Gasteiger partial charge in [0.1, 0.15) is 5.75 Å². The average molecular weight is 376 g/mol. The number of nitrogens with two attached hydrogens (primary N) is 1. The average Bonchev–Trinajstić information content (AvgIpc) is 3.00. The van der Waals surface area contributed by atoms with Crippen LogP contribution in [0.4, 0.5) is 13.2 Å². The number of hydrogen-bond acceptors (Lipinski definition) is 2. The number of fused-ring (bicyclic) bond motifs is 1. The lowest BCUT2D eigenvalue weighted by Gasteiger charge is -2.10. The van der Waals surface area contributed by atoms with Crippen LogP contribution in [0.2, 0.25) is 0 Å². The molecule has 0 bridgehead atoms. The number of nitrogens with one attached hydrogen (secondary N) is 1. The number of aryl methyl sites for hydroxylation is 1. The molecule has 3 rings (SSSR count). The molecule has 2 aromatic carbocycles. The monoisotopic (exact) mass is 376 g/mol. The molecule has 0 radical (unpaired) electrons. The maximum absolute atomic E-state index is 13.1. The third kappa shape index (κ3) is 4.27. The van der Waals surface area contributed by atoms with Gasteiger partial charge in [-0.05, 0) is 74.2 Å². The zero-order valence-corrected chi connectivity index (χ0v) is 15.2. The number of ether oxygens (including phenoxy) is 1. The standard InChI is InChI=1S/C21H23F3N2O/c1-2-27-16-9-10-19-18(13-16)17(8-3-4-11-25)20(26-19)14-6-5-7-15(12-14)21(22,23)24/h5-7,9-10,12-13,26H,2-4,8,11,25H2,1H3. The predicted octanol–water partition coefficient (Wildman–Crippen LogP) is 5.53. The zero-order valence-electron chi connectivity index (χ0n) is 15.2. The highest BCUT2D eigenvalue weighted by molar-refractivity contribution is 5.91. The Hall–Kier alpha value is -2.47. The van der Waals surface area contributed by atoms with E-state index in [-0.39, 0.29) is 0 Å². The second-order valence-corrected chi connectivity index (χ2v) is 6.44. The number of unbranched alkanes of at least 4 members (excludes halogenated alkanes) is 1. The molecule has 0 unspecified atom stereocenters. The molecule has 3 N–H and O–H groups in total. The number of H-pyrrole nitrogens is 1. The molecule has 3 nitrogen and oxygen atoms in total. The molecule has 6 heteroatoms. The minimum absolute atomic E-state index is 0.529. The molecule has 1 heterocycles. The molecule has 0 atom stereocenters. The van der Waals surface area contributed by atoms with Crippen LogP contribution in [0.15, 0.2) is 42.5 Å². The van der Waals surface area contributed by atoms with E-state index in [1.165, 1.54) is 12.1 Å². The summed E-state index contributed by atoms with van der Waals surface area (Å²) in [6.45, 7) is 3.06. The second kappa shape index (κ2) is 8.05. The highest BCUT2D eigenvalue weighted by atomic mass is 19.4. The maximum atomic E-state index is 13.1. The maximum Gasteiger partial charge on any atom is 0.416 e. The molecule has 0 fully saturated rings. The number of alkyl halides is 3. The normalized spacial score (nSPS) is 11.9. The Morgan fingerprint density at radius 3 is 2.59 bits per heavy atom. The van der Waals surface area contributed by atoms with E-state index in [9.17, 15) is 13.2 Å². The van der Waals surface area contributed by atoms with Gasteiger partial charge in [0.05, 0.1) is 12.2 Å². The zero-order chi connectivity index (χ0) is 19.4. The lowest BCUT2D eigenvalue weighted by molar-refractivity contribution is -0.137. The van der Waals surface area contributed by atoms with Gasteiger partial charge in [0.2, 0.25) is 0 Å². The van der Waals surface area contributed by atoms with Crippen molar-refractivity contribution >= 4 is 10.9 Å². The summed E-state index contributed by atoms with van der Waals surface area (Å²) in [5, 5.41) is 0.977. The van der Waals surface area contributed by atoms with Gasteiger partial charge in [-0.2, -0.15) is 13.2 Å². The first kappa shape index (κ1) is 19.3. The molecular formula is C21H23F3N2O. The Labute approximate surface area is 156 Å². The van der Waals surface area contributed by atoms with E-state index in [4.69, 9.17) is 10.5 Å². The van der Waals surface area contributed by atoms with Gasteiger partial charge in [-0.25, -0.2) is 0 Å². The van der Waals surface area contributed by atoms with Crippen LogP contribution in [0, 0.1) is 0 Å². The van der Waals surface area contributed by atoms with Crippen LogP contribution in [0.1, 0.15) is 30.9 Å². The van der Waals surface area contributed by atoms with Crippen molar-refractivity contribution in [1.82, 2.24) is 4.98 Å². The molecule has 0 spiro atoms. The number of aromatic amines is 1. The van der Waals surface area contributed by atoms with Gasteiger partial charge in [-0.15, -0.1) is 0 Å². The molecule has 0 aliphatic rings. The number of aromatic nitrogens is 1. The van der Waals surface area contributed by atoms with E-state index in [1.54, 1.807) is 6.07 Å². The molecule has 0 saturated carbocycles. The van der Waals surface area contributed by atoms with Gasteiger partial charge in [-0.3, -0.25) is 0 Å². The quantitative estimate of drug-likeness (QED) is 0.533. The van der Waals surface area contributed by atoms with Crippen molar-refractivity contribution in [1.29, 1.82) is 0 Å². The second-order valence-electron chi connectivity index (χ2n) is 6.44. The van der Waals surface area contributed by atoms with Gasteiger partial charge < -0.3 is 15.5 Å². The van der Waals surface area contributed by atoms with Gasteiger partial charge in [0.15, 0.2) is 0 Å². The molecule has 0 amide bonds. The fourth-order valence-corrected chi connectivity index (χ4v) is 3.29. The molecule has 27 heavy (non-hydrogen) atoms. The van der Waals surface area contributed by atoms with Crippen molar-refractivity contribution in [3.63, 3.8) is 0 Å². The van der Waals surface area contributed by atoms with Crippen LogP contribution >= 0.6 is 0 Å². The van der Waals surface area contributed by atoms with Crippen LogP contribution in [-0.4, -0.2) is 18.1 Å². The van der Waals surface area contributed by atoms with Gasteiger partial charge in [-0.1, -0.05) is 12.1 Å². The smallest absolute Gasteiger partial charge is 0.416 e. The highest BCUT2D eigenvalue weighted by Gasteiger charge is 2.30. The van der Waals surface area contributed by atoms with Crippen LogP contribution in [0.5, 0.6) is 5.75 Å². The van der Waals surface area contributed by atoms with Gasteiger partial charge in [0, 0.05) is 16.6 Å². The van der Waals surface area contributed by atoms with Crippen LogP contribution in [0.3, 0.4) is 0 Å². The lowest BCUT2D eigenvalue weighted by atomic mass is 9.99. The SMILES string of the molecule is CCOc1ccc2[nH]c(-c3cccc(C(F)(F)F)c3)c(CCCCN)c2c1. The first-order valence-corrected chi connectivity index (χ1v) is 9.09. The Morgan fingerprint density at radius 2 is 1.89 bits per heavy atom. The number of rotatable bonds is 7. The van der Waals surface area contributed by atoms with Crippen molar-refractivity contribution in [2.45, 2.75) is 32.4 Å². The number of hydrogen-bond donors (Lipinski definition) is 2. The summed E-state index contributed by atoms with van der Waals surface area (Å²) in [4.78, 5) is 3.30. The van der Waals surface area contributed by atoms with E-state index >= 15 is 0 Å². The van der Waals surface area contributed by atoms with Crippen molar-refractivity contribution in [2.75, 3.05) is 13.2 Å². The summed E-state index contributed by atoms with van der Waals surface area (Å²) in [5.74, 6) is 0.750. The fraction of sp³-hybridized carbons (Fsp3) is 0.333. The minimum atomic E-state index is -4.37. The van der Waals surface area contributed by atoms with E-state index in [2.05, 4.69) is 4.98 Å². The Bertz CT molecular complexity index is 915. The molecule has 144 valence electrons. The largest absolute Gasteiger partial charge is 0.494 e. The molecular weight excluding hydrogens is 353 g/mol. The van der Waals surface area contributed by atoms with Crippen molar-refractivity contribution in [2.24, 2.45) is 5.73 Å². The Kier molecular flexibility index (Phi) is 5.75. The first-order valence-electron chi connectivity index (χ1n) is 9.09. The molecule has 0 aliphatic carbocycles. The van der Waals surface area contributed by atoms with Gasteiger partial charge in [0.25, 0.3) is 0 Å². The first-order chi connectivity index (χ1) is 12.9. The van der Waals surface area contributed by atoms with E-state index in [0.717, 1.165) is 53.2 Å². The Balaban J connectivity index is 2.12. The number of benzene rings is 2. The van der Waals surface area contributed by atoms with Crippen molar-refractivity contribution in [3.05, 3.63) is 53.6 Å². The van der Waals surface area contributed by atoms with Crippen LogP contribution in [0.25, 0.3) is 22.2 Å². The van der Waals surface area contributed by atoms with Crippen molar-refractivity contribution < 1.29 is 17.9 Å². The topological polar surface area (TPSA) is 51.0 Å². The molecule has 0 aliphatic heterocycles. The fourth-order valence-electron chi connectivity index (χ4n) is 3.29. The highest BCUT2D eigenvalue weighted by Crippen LogP contribution is 2.36. The van der Waals surface area contributed by atoms with E-state index in [0.29, 0.717) is 18.7 Å².